The van der Waals surface area contributed by atoms with E-state index in [2.05, 4.69) is 9.72 Å². The summed E-state index contributed by atoms with van der Waals surface area (Å²) in [5.74, 6) is -0.723. The fraction of sp³-hybridized carbons (Fsp3) is 0.333. The fourth-order valence-corrected chi connectivity index (χ4v) is 1.39. The number of alkyl halides is 2. The van der Waals surface area contributed by atoms with Crippen molar-refractivity contribution in [2.45, 2.75) is 12.8 Å². The van der Waals surface area contributed by atoms with Crippen molar-refractivity contribution in [3.63, 3.8) is 0 Å². The van der Waals surface area contributed by atoms with Crippen LogP contribution in [0.2, 0.25) is 5.02 Å². The maximum atomic E-state index is 12.4. The number of methoxy groups -OCH3 is 1. The SMILES string of the molecule is COC(=O)Cc1c(Cl)c(C(F)F)c[nH]c1=O. The Morgan fingerprint density at radius 3 is 2.75 bits per heavy atom. The molecular formula is C9H8ClF2NO3. The van der Waals surface area contributed by atoms with Gasteiger partial charge < -0.3 is 9.72 Å². The predicted molar refractivity (Wildman–Crippen MR) is 52.7 cm³/mol. The number of carbonyl (C=O) groups excluding carboxylic acids is 1. The summed E-state index contributed by atoms with van der Waals surface area (Å²) in [6.07, 6.45) is -2.43. The van der Waals surface area contributed by atoms with Crippen molar-refractivity contribution in [1.82, 2.24) is 4.98 Å². The Balaban J connectivity index is 3.21. The molecule has 1 aromatic rings. The van der Waals surface area contributed by atoms with Gasteiger partial charge in [-0.1, -0.05) is 11.6 Å². The number of rotatable bonds is 3. The minimum Gasteiger partial charge on any atom is -0.469 e. The molecule has 4 nitrogen and oxygen atoms in total. The highest BCUT2D eigenvalue weighted by Crippen LogP contribution is 2.27. The van der Waals surface area contributed by atoms with Gasteiger partial charge in [0, 0.05) is 11.8 Å². The number of ether oxygens (including phenoxy) is 1. The van der Waals surface area contributed by atoms with Crippen LogP contribution in [0.4, 0.5) is 8.78 Å². The van der Waals surface area contributed by atoms with E-state index in [-0.39, 0.29) is 5.56 Å². The highest BCUT2D eigenvalue weighted by Gasteiger charge is 2.19. The zero-order valence-corrected chi connectivity index (χ0v) is 8.98. The summed E-state index contributed by atoms with van der Waals surface area (Å²) in [7, 11) is 1.13. The van der Waals surface area contributed by atoms with Crippen LogP contribution in [0, 0.1) is 0 Å². The molecule has 0 bridgehead atoms. The third-order valence-corrected chi connectivity index (χ3v) is 2.38. The third kappa shape index (κ3) is 2.57. The summed E-state index contributed by atoms with van der Waals surface area (Å²) >= 11 is 5.60. The largest absolute Gasteiger partial charge is 0.469 e. The van der Waals surface area contributed by atoms with Gasteiger partial charge in [-0.15, -0.1) is 0 Å². The number of hydrogen-bond donors (Lipinski definition) is 1. The maximum absolute atomic E-state index is 12.4. The van der Waals surface area contributed by atoms with Crippen LogP contribution in [0.1, 0.15) is 17.6 Å². The zero-order chi connectivity index (χ0) is 12.3. The van der Waals surface area contributed by atoms with Gasteiger partial charge in [0.15, 0.2) is 0 Å². The second-order valence-corrected chi connectivity index (χ2v) is 3.30. The Bertz CT molecular complexity index is 459. The molecule has 0 spiro atoms. The van der Waals surface area contributed by atoms with Crippen molar-refractivity contribution < 1.29 is 18.3 Å². The van der Waals surface area contributed by atoms with Gasteiger partial charge in [0.05, 0.1) is 24.1 Å². The number of esters is 1. The number of halogens is 3. The van der Waals surface area contributed by atoms with Gasteiger partial charge in [0.25, 0.3) is 12.0 Å². The number of pyridine rings is 1. The van der Waals surface area contributed by atoms with Crippen LogP contribution >= 0.6 is 11.6 Å². The molecular weight excluding hydrogens is 244 g/mol. The van der Waals surface area contributed by atoms with Crippen molar-refractivity contribution in [1.29, 1.82) is 0 Å². The molecule has 0 unspecified atom stereocenters. The monoisotopic (exact) mass is 251 g/mol. The van der Waals surface area contributed by atoms with E-state index >= 15 is 0 Å². The Morgan fingerprint density at radius 1 is 1.62 bits per heavy atom. The molecule has 1 rings (SSSR count). The first-order chi connectivity index (χ1) is 7.47. The van der Waals surface area contributed by atoms with Gasteiger partial charge >= 0.3 is 5.97 Å². The van der Waals surface area contributed by atoms with E-state index < -0.39 is 35.0 Å². The average molecular weight is 252 g/mol. The smallest absolute Gasteiger partial charge is 0.310 e. The summed E-state index contributed by atoms with van der Waals surface area (Å²) in [5.41, 5.74) is -1.41. The van der Waals surface area contributed by atoms with E-state index in [4.69, 9.17) is 11.6 Å². The number of carbonyl (C=O) groups is 1. The Kier molecular flexibility index (Phi) is 4.00. The number of aromatic amines is 1. The van der Waals surface area contributed by atoms with E-state index in [1.165, 1.54) is 0 Å². The molecule has 1 heterocycles. The average Bonchev–Trinajstić information content (AvgIpc) is 2.23. The predicted octanol–water partition coefficient (Wildman–Crippen LogP) is 1.68. The number of nitrogens with one attached hydrogen (secondary N) is 1. The summed E-state index contributed by atoms with van der Waals surface area (Å²) in [4.78, 5) is 24.3. The molecule has 1 N–H and O–H groups in total. The summed E-state index contributed by atoms with van der Waals surface area (Å²) in [6.45, 7) is 0. The first kappa shape index (κ1) is 12.6. The normalized spacial score (nSPS) is 10.6. The number of hydrogen-bond acceptors (Lipinski definition) is 3. The van der Waals surface area contributed by atoms with E-state index in [0.29, 0.717) is 0 Å². The van der Waals surface area contributed by atoms with E-state index in [9.17, 15) is 18.4 Å². The van der Waals surface area contributed by atoms with Crippen LogP contribution in [0.15, 0.2) is 11.0 Å². The Hall–Kier alpha value is -1.43. The van der Waals surface area contributed by atoms with Crippen LogP contribution < -0.4 is 5.56 Å². The minimum absolute atomic E-state index is 0.216. The first-order valence-electron chi connectivity index (χ1n) is 4.22. The van der Waals surface area contributed by atoms with Gasteiger partial charge in [-0.25, -0.2) is 8.78 Å². The second-order valence-electron chi connectivity index (χ2n) is 2.92. The van der Waals surface area contributed by atoms with E-state index in [1.54, 1.807) is 0 Å². The number of H-pyrrole nitrogens is 1. The third-order valence-electron chi connectivity index (χ3n) is 1.94. The molecule has 0 saturated heterocycles. The van der Waals surface area contributed by atoms with Crippen molar-refractivity contribution in [2.75, 3.05) is 7.11 Å². The maximum Gasteiger partial charge on any atom is 0.310 e. The molecule has 0 aliphatic rings. The highest BCUT2D eigenvalue weighted by atomic mass is 35.5. The molecule has 0 aromatic carbocycles. The summed E-state index contributed by atoms with van der Waals surface area (Å²) in [6, 6.07) is 0. The second kappa shape index (κ2) is 5.07. The zero-order valence-electron chi connectivity index (χ0n) is 8.22. The van der Waals surface area contributed by atoms with Gasteiger partial charge in [-0.05, 0) is 0 Å². The standard InChI is InChI=1S/C9H8ClF2NO3/c1-16-6(14)2-4-7(10)5(8(11)12)3-13-9(4)15/h3,8H,2H2,1H3,(H,13,15). The van der Waals surface area contributed by atoms with Crippen LogP contribution in [0.25, 0.3) is 0 Å². The molecule has 0 saturated carbocycles. The molecule has 0 radical (unpaired) electrons. The summed E-state index contributed by atoms with van der Waals surface area (Å²) in [5, 5.41) is -0.399. The van der Waals surface area contributed by atoms with Crippen LogP contribution in [-0.2, 0) is 16.0 Å². The van der Waals surface area contributed by atoms with Crippen molar-refractivity contribution in [2.24, 2.45) is 0 Å². The molecule has 16 heavy (non-hydrogen) atoms. The molecule has 7 heteroatoms. The molecule has 88 valence electrons. The van der Waals surface area contributed by atoms with Crippen molar-refractivity contribution in [3.8, 4) is 0 Å². The molecule has 0 fully saturated rings. The van der Waals surface area contributed by atoms with Gasteiger partial charge in [0.1, 0.15) is 0 Å². The number of aromatic nitrogens is 1. The lowest BCUT2D eigenvalue weighted by Crippen LogP contribution is -2.18. The highest BCUT2D eigenvalue weighted by molar-refractivity contribution is 6.32. The van der Waals surface area contributed by atoms with E-state index in [0.717, 1.165) is 13.3 Å². The molecule has 0 atom stereocenters. The summed E-state index contributed by atoms with van der Waals surface area (Å²) < 4.78 is 29.2. The topological polar surface area (TPSA) is 59.2 Å². The lowest BCUT2D eigenvalue weighted by molar-refractivity contribution is -0.139. The van der Waals surface area contributed by atoms with Crippen LogP contribution in [0.5, 0.6) is 0 Å². The molecule has 0 aliphatic heterocycles. The van der Waals surface area contributed by atoms with Crippen molar-refractivity contribution in [3.05, 3.63) is 32.7 Å². The Morgan fingerprint density at radius 2 is 2.25 bits per heavy atom. The molecule has 0 amide bonds. The minimum atomic E-state index is -2.82. The Labute approximate surface area is 94.2 Å². The lowest BCUT2D eigenvalue weighted by Gasteiger charge is -2.06. The molecule has 0 aliphatic carbocycles. The first-order valence-corrected chi connectivity index (χ1v) is 4.60. The molecule has 1 aromatic heterocycles. The van der Waals surface area contributed by atoms with Gasteiger partial charge in [-0.2, -0.15) is 0 Å². The van der Waals surface area contributed by atoms with Crippen molar-refractivity contribution >= 4 is 17.6 Å². The van der Waals surface area contributed by atoms with Crippen LogP contribution in [0.3, 0.4) is 0 Å². The van der Waals surface area contributed by atoms with Gasteiger partial charge in [0.2, 0.25) is 0 Å². The quantitative estimate of drug-likeness (QED) is 0.832. The fourth-order valence-electron chi connectivity index (χ4n) is 1.10. The van der Waals surface area contributed by atoms with Gasteiger partial charge in [-0.3, -0.25) is 9.59 Å². The van der Waals surface area contributed by atoms with E-state index in [1.807, 2.05) is 0 Å². The van der Waals surface area contributed by atoms with Crippen LogP contribution in [-0.4, -0.2) is 18.1 Å². The lowest BCUT2D eigenvalue weighted by atomic mass is 10.1.